The van der Waals surface area contributed by atoms with Gasteiger partial charge in [0.05, 0.1) is 0 Å². The second-order valence-corrected chi connectivity index (χ2v) is 5.85. The molecular weight excluding hydrogens is 196 g/mol. The summed E-state index contributed by atoms with van der Waals surface area (Å²) in [5.41, 5.74) is 3.32. The molecule has 0 radical (unpaired) electrons. The van der Waals surface area contributed by atoms with Gasteiger partial charge in [-0.15, -0.1) is 0 Å². The second-order valence-electron chi connectivity index (χ2n) is 5.85. The topological polar surface area (TPSA) is 17.1 Å². The van der Waals surface area contributed by atoms with E-state index < -0.39 is 0 Å². The van der Waals surface area contributed by atoms with Gasteiger partial charge in [0, 0.05) is 5.92 Å². The molecule has 0 bridgehead atoms. The van der Waals surface area contributed by atoms with Crippen LogP contribution < -0.4 is 0 Å². The number of allylic oxidation sites excluding steroid dienone is 4. The summed E-state index contributed by atoms with van der Waals surface area (Å²) >= 11 is 0. The molecule has 2 aliphatic carbocycles. The highest BCUT2D eigenvalue weighted by atomic mass is 16.1. The van der Waals surface area contributed by atoms with Crippen molar-refractivity contribution in [2.24, 2.45) is 17.3 Å². The molecule has 1 heteroatoms. The Hall–Kier alpha value is -0.850. The zero-order valence-electron chi connectivity index (χ0n) is 10.6. The third-order valence-corrected chi connectivity index (χ3v) is 4.63. The first-order chi connectivity index (χ1) is 7.55. The Bertz CT molecular complexity index is 346. The monoisotopic (exact) mass is 218 g/mol. The SMILES string of the molecule is CC1=CCC(C2=CCCC(C=O)C2)C1(C)C. The molecule has 2 unspecified atom stereocenters. The highest BCUT2D eigenvalue weighted by Crippen LogP contribution is 2.48. The van der Waals surface area contributed by atoms with Crippen molar-refractivity contribution >= 4 is 6.29 Å². The largest absolute Gasteiger partial charge is 0.303 e. The minimum absolute atomic E-state index is 0.275. The molecule has 0 aromatic heterocycles. The third kappa shape index (κ3) is 1.88. The first-order valence-electron chi connectivity index (χ1n) is 6.37. The van der Waals surface area contributed by atoms with E-state index in [1.54, 1.807) is 0 Å². The molecule has 0 fully saturated rings. The first kappa shape index (κ1) is 11.6. The quantitative estimate of drug-likeness (QED) is 0.507. The van der Waals surface area contributed by atoms with Gasteiger partial charge in [-0.1, -0.05) is 37.1 Å². The molecule has 0 aliphatic heterocycles. The molecule has 0 aromatic carbocycles. The van der Waals surface area contributed by atoms with E-state index in [-0.39, 0.29) is 11.3 Å². The number of carbonyl (C=O) groups is 1. The fraction of sp³-hybridized carbons (Fsp3) is 0.667. The smallest absolute Gasteiger partial charge is 0.123 e. The van der Waals surface area contributed by atoms with E-state index in [1.165, 1.54) is 11.1 Å². The summed E-state index contributed by atoms with van der Waals surface area (Å²) in [5.74, 6) is 0.909. The van der Waals surface area contributed by atoms with E-state index >= 15 is 0 Å². The highest BCUT2D eigenvalue weighted by molar-refractivity contribution is 5.55. The second kappa shape index (κ2) is 4.20. The molecular formula is C15H22O. The van der Waals surface area contributed by atoms with Crippen LogP contribution in [0.3, 0.4) is 0 Å². The Morgan fingerprint density at radius 3 is 2.69 bits per heavy atom. The minimum atomic E-state index is 0.275. The zero-order chi connectivity index (χ0) is 11.8. The van der Waals surface area contributed by atoms with E-state index in [9.17, 15) is 4.79 Å². The molecule has 2 atom stereocenters. The molecule has 88 valence electrons. The van der Waals surface area contributed by atoms with Crippen LogP contribution in [-0.2, 0) is 4.79 Å². The van der Waals surface area contributed by atoms with Crippen molar-refractivity contribution < 1.29 is 4.79 Å². The maximum absolute atomic E-state index is 10.9. The van der Waals surface area contributed by atoms with Crippen molar-refractivity contribution in [2.45, 2.75) is 46.5 Å². The zero-order valence-corrected chi connectivity index (χ0v) is 10.6. The molecule has 0 saturated heterocycles. The lowest BCUT2D eigenvalue weighted by Gasteiger charge is -2.34. The summed E-state index contributed by atoms with van der Waals surface area (Å²) in [6, 6.07) is 0. The van der Waals surface area contributed by atoms with Gasteiger partial charge >= 0.3 is 0 Å². The number of hydrogen-bond acceptors (Lipinski definition) is 1. The Balaban J connectivity index is 2.15. The van der Waals surface area contributed by atoms with Crippen LogP contribution in [0, 0.1) is 17.3 Å². The molecule has 2 aliphatic rings. The van der Waals surface area contributed by atoms with Crippen molar-refractivity contribution in [3.8, 4) is 0 Å². The lowest BCUT2D eigenvalue weighted by molar-refractivity contribution is -0.111. The van der Waals surface area contributed by atoms with Gasteiger partial charge in [0.15, 0.2) is 0 Å². The van der Waals surface area contributed by atoms with E-state index in [4.69, 9.17) is 0 Å². The number of rotatable bonds is 2. The minimum Gasteiger partial charge on any atom is -0.303 e. The van der Waals surface area contributed by atoms with Gasteiger partial charge < -0.3 is 4.79 Å². The van der Waals surface area contributed by atoms with Crippen LogP contribution >= 0.6 is 0 Å². The third-order valence-electron chi connectivity index (χ3n) is 4.63. The summed E-state index contributed by atoms with van der Waals surface area (Å²) in [6.07, 6.45) is 10.2. The van der Waals surface area contributed by atoms with Gasteiger partial charge in [-0.2, -0.15) is 0 Å². The Kier molecular flexibility index (Phi) is 3.05. The van der Waals surface area contributed by atoms with Gasteiger partial charge in [0.2, 0.25) is 0 Å². The molecule has 1 nitrogen and oxygen atoms in total. The van der Waals surface area contributed by atoms with Crippen LogP contribution in [0.25, 0.3) is 0 Å². The van der Waals surface area contributed by atoms with E-state index in [2.05, 4.69) is 32.9 Å². The molecule has 0 spiro atoms. The van der Waals surface area contributed by atoms with Crippen molar-refractivity contribution in [1.29, 1.82) is 0 Å². The molecule has 0 heterocycles. The summed E-state index contributed by atoms with van der Waals surface area (Å²) in [6.45, 7) is 6.91. The normalized spacial score (nSPS) is 33.2. The van der Waals surface area contributed by atoms with E-state index in [0.29, 0.717) is 5.92 Å². The Labute approximate surface area is 98.6 Å². The van der Waals surface area contributed by atoms with E-state index in [1.807, 2.05) is 0 Å². The van der Waals surface area contributed by atoms with Gasteiger partial charge in [-0.3, -0.25) is 0 Å². The van der Waals surface area contributed by atoms with E-state index in [0.717, 1.165) is 32.0 Å². The predicted molar refractivity (Wildman–Crippen MR) is 67.1 cm³/mol. The van der Waals surface area contributed by atoms with Crippen molar-refractivity contribution in [2.75, 3.05) is 0 Å². The summed E-state index contributed by atoms with van der Waals surface area (Å²) < 4.78 is 0. The van der Waals surface area contributed by atoms with Crippen LogP contribution in [0.4, 0.5) is 0 Å². The molecule has 0 amide bonds. The lowest BCUT2D eigenvalue weighted by Crippen LogP contribution is -2.25. The lowest BCUT2D eigenvalue weighted by atomic mass is 9.70. The van der Waals surface area contributed by atoms with Crippen LogP contribution in [0.5, 0.6) is 0 Å². The van der Waals surface area contributed by atoms with Crippen molar-refractivity contribution in [3.63, 3.8) is 0 Å². The summed E-state index contributed by atoms with van der Waals surface area (Å²) in [4.78, 5) is 10.9. The Morgan fingerprint density at radius 1 is 1.38 bits per heavy atom. The van der Waals surface area contributed by atoms with Gasteiger partial charge in [0.1, 0.15) is 6.29 Å². The molecule has 0 saturated carbocycles. The summed E-state index contributed by atoms with van der Waals surface area (Å²) in [5, 5.41) is 0. The number of carbonyl (C=O) groups excluding carboxylic acids is 1. The number of aldehydes is 1. The average Bonchev–Trinajstić information content (AvgIpc) is 2.54. The van der Waals surface area contributed by atoms with Gasteiger partial charge in [-0.25, -0.2) is 0 Å². The molecule has 16 heavy (non-hydrogen) atoms. The predicted octanol–water partition coefficient (Wildman–Crippen LogP) is 3.90. The van der Waals surface area contributed by atoms with Gasteiger partial charge in [-0.05, 0) is 43.9 Å². The molecule has 0 N–H and O–H groups in total. The maximum atomic E-state index is 10.9. The molecule has 2 rings (SSSR count). The van der Waals surface area contributed by atoms with Crippen LogP contribution in [0.2, 0.25) is 0 Å². The highest BCUT2D eigenvalue weighted by Gasteiger charge is 2.37. The first-order valence-corrected chi connectivity index (χ1v) is 6.37. The summed E-state index contributed by atoms with van der Waals surface area (Å²) in [7, 11) is 0. The fourth-order valence-corrected chi connectivity index (χ4v) is 3.11. The van der Waals surface area contributed by atoms with Crippen LogP contribution in [0.15, 0.2) is 23.3 Å². The van der Waals surface area contributed by atoms with Gasteiger partial charge in [0.25, 0.3) is 0 Å². The van der Waals surface area contributed by atoms with Crippen molar-refractivity contribution in [3.05, 3.63) is 23.3 Å². The van der Waals surface area contributed by atoms with Crippen LogP contribution in [-0.4, -0.2) is 6.29 Å². The van der Waals surface area contributed by atoms with Crippen molar-refractivity contribution in [1.82, 2.24) is 0 Å². The maximum Gasteiger partial charge on any atom is 0.123 e. The average molecular weight is 218 g/mol. The molecule has 0 aromatic rings. The standard InChI is InChI=1S/C15H22O/c1-11-7-8-14(15(11,2)3)13-6-4-5-12(9-13)10-16/h6-7,10,12,14H,4-5,8-9H2,1-3H3. The number of hydrogen-bond donors (Lipinski definition) is 0. The van der Waals surface area contributed by atoms with Crippen LogP contribution in [0.1, 0.15) is 46.5 Å². The Morgan fingerprint density at radius 2 is 2.12 bits per heavy atom. The fourth-order valence-electron chi connectivity index (χ4n) is 3.11.